The molecule has 0 saturated heterocycles. The van der Waals surface area contributed by atoms with Crippen LogP contribution < -0.4 is 10.5 Å². The summed E-state index contributed by atoms with van der Waals surface area (Å²) in [6.45, 7) is 0. The second-order valence-corrected chi connectivity index (χ2v) is 6.53. The third-order valence-electron chi connectivity index (χ3n) is 4.40. The van der Waals surface area contributed by atoms with Crippen LogP contribution in [0.15, 0.2) is 46.9 Å². The molecule has 0 aliphatic heterocycles. The molecule has 0 fully saturated rings. The van der Waals surface area contributed by atoms with Gasteiger partial charge in [0.2, 0.25) is 0 Å². The van der Waals surface area contributed by atoms with E-state index in [0.717, 1.165) is 28.6 Å². The molecule has 2 N–H and O–H groups in total. The molecule has 2 unspecified atom stereocenters. The summed E-state index contributed by atoms with van der Waals surface area (Å²) in [4.78, 5) is 0. The second kappa shape index (κ2) is 6.20. The number of nitrogens with two attached hydrogens (primary N) is 1. The third-order valence-corrected chi connectivity index (χ3v) is 4.89. The summed E-state index contributed by atoms with van der Waals surface area (Å²) in [6, 6.07) is 14.7. The molecule has 0 saturated carbocycles. The SMILES string of the molecule is COc1ccc(Br)cc1C(N)C1CCCc2ccccc21. The van der Waals surface area contributed by atoms with E-state index in [9.17, 15) is 0 Å². The Hall–Kier alpha value is -1.32. The highest BCUT2D eigenvalue weighted by Gasteiger charge is 2.28. The molecule has 1 aliphatic rings. The molecule has 2 aromatic rings. The number of hydrogen-bond acceptors (Lipinski definition) is 2. The molecule has 3 heteroatoms. The maximum atomic E-state index is 6.63. The predicted octanol–water partition coefficient (Wildman–Crippen LogP) is 4.58. The Morgan fingerprint density at radius 2 is 2.05 bits per heavy atom. The van der Waals surface area contributed by atoms with E-state index in [0.29, 0.717) is 5.92 Å². The molecular weight excluding hydrogens is 326 g/mol. The fourth-order valence-corrected chi connectivity index (χ4v) is 3.73. The molecule has 2 atom stereocenters. The second-order valence-electron chi connectivity index (χ2n) is 5.61. The van der Waals surface area contributed by atoms with Gasteiger partial charge in [-0.3, -0.25) is 0 Å². The Bertz CT molecular complexity index is 641. The number of hydrogen-bond donors (Lipinski definition) is 1. The highest BCUT2D eigenvalue weighted by Crippen LogP contribution is 2.41. The number of benzene rings is 2. The zero-order valence-corrected chi connectivity index (χ0v) is 13.8. The van der Waals surface area contributed by atoms with E-state index in [1.165, 1.54) is 17.5 Å². The first kappa shape index (κ1) is 14.6. The van der Waals surface area contributed by atoms with E-state index in [-0.39, 0.29) is 6.04 Å². The number of rotatable bonds is 3. The zero-order chi connectivity index (χ0) is 14.8. The van der Waals surface area contributed by atoms with Crippen LogP contribution in [-0.2, 0) is 6.42 Å². The van der Waals surface area contributed by atoms with Gasteiger partial charge in [0.15, 0.2) is 0 Å². The van der Waals surface area contributed by atoms with Crippen molar-refractivity contribution in [1.29, 1.82) is 0 Å². The Labute approximate surface area is 134 Å². The van der Waals surface area contributed by atoms with E-state index in [1.807, 2.05) is 12.1 Å². The van der Waals surface area contributed by atoms with Crippen molar-refractivity contribution in [2.75, 3.05) is 7.11 Å². The average Bonchev–Trinajstić information content (AvgIpc) is 2.53. The minimum Gasteiger partial charge on any atom is -0.496 e. The summed E-state index contributed by atoms with van der Waals surface area (Å²) in [5, 5.41) is 0. The van der Waals surface area contributed by atoms with Crippen LogP contribution in [0.2, 0.25) is 0 Å². The first-order valence-electron chi connectivity index (χ1n) is 7.37. The molecule has 0 radical (unpaired) electrons. The van der Waals surface area contributed by atoms with Gasteiger partial charge in [-0.15, -0.1) is 0 Å². The van der Waals surface area contributed by atoms with Crippen molar-refractivity contribution >= 4 is 15.9 Å². The maximum Gasteiger partial charge on any atom is 0.123 e. The van der Waals surface area contributed by atoms with Crippen molar-refractivity contribution in [3.8, 4) is 5.75 Å². The molecule has 0 spiro atoms. The molecule has 110 valence electrons. The summed E-state index contributed by atoms with van der Waals surface area (Å²) in [5.74, 6) is 1.23. The van der Waals surface area contributed by atoms with Crippen LogP contribution in [-0.4, -0.2) is 7.11 Å². The van der Waals surface area contributed by atoms with Crippen LogP contribution in [0, 0.1) is 0 Å². The van der Waals surface area contributed by atoms with Crippen LogP contribution in [0.25, 0.3) is 0 Å². The Kier molecular flexibility index (Phi) is 4.32. The smallest absolute Gasteiger partial charge is 0.123 e. The summed E-state index contributed by atoms with van der Waals surface area (Å²) < 4.78 is 6.54. The van der Waals surface area contributed by atoms with E-state index < -0.39 is 0 Å². The summed E-state index contributed by atoms with van der Waals surface area (Å²) in [5.41, 5.74) is 10.6. The van der Waals surface area contributed by atoms with Crippen molar-refractivity contribution in [3.05, 3.63) is 63.6 Å². The first-order chi connectivity index (χ1) is 10.2. The van der Waals surface area contributed by atoms with Crippen molar-refractivity contribution in [3.63, 3.8) is 0 Å². The lowest BCUT2D eigenvalue weighted by atomic mass is 9.77. The Morgan fingerprint density at radius 3 is 2.86 bits per heavy atom. The largest absolute Gasteiger partial charge is 0.496 e. The van der Waals surface area contributed by atoms with Gasteiger partial charge >= 0.3 is 0 Å². The van der Waals surface area contributed by atoms with Gasteiger partial charge in [0, 0.05) is 22.0 Å². The molecule has 2 aromatic carbocycles. The normalized spacial score (nSPS) is 18.9. The number of fused-ring (bicyclic) bond motifs is 1. The summed E-state index contributed by atoms with van der Waals surface area (Å²) in [6.07, 6.45) is 3.49. The van der Waals surface area contributed by atoms with Crippen LogP contribution in [0.5, 0.6) is 5.75 Å². The lowest BCUT2D eigenvalue weighted by Crippen LogP contribution is -2.24. The van der Waals surface area contributed by atoms with E-state index in [4.69, 9.17) is 10.5 Å². The van der Waals surface area contributed by atoms with Crippen LogP contribution in [0.1, 0.15) is 41.5 Å². The monoisotopic (exact) mass is 345 g/mol. The van der Waals surface area contributed by atoms with Gasteiger partial charge < -0.3 is 10.5 Å². The highest BCUT2D eigenvalue weighted by molar-refractivity contribution is 9.10. The number of ether oxygens (including phenoxy) is 1. The lowest BCUT2D eigenvalue weighted by Gasteiger charge is -2.31. The maximum absolute atomic E-state index is 6.63. The quantitative estimate of drug-likeness (QED) is 0.883. The van der Waals surface area contributed by atoms with Gasteiger partial charge in [-0.1, -0.05) is 40.2 Å². The van der Waals surface area contributed by atoms with Gasteiger partial charge in [0.1, 0.15) is 5.75 Å². The first-order valence-corrected chi connectivity index (χ1v) is 8.17. The molecule has 0 aromatic heterocycles. The predicted molar refractivity (Wildman–Crippen MR) is 89.7 cm³/mol. The third kappa shape index (κ3) is 2.85. The van der Waals surface area contributed by atoms with Crippen molar-refractivity contribution < 1.29 is 4.74 Å². The highest BCUT2D eigenvalue weighted by atomic mass is 79.9. The number of aryl methyl sites for hydroxylation is 1. The molecule has 0 amide bonds. The number of methoxy groups -OCH3 is 1. The minimum absolute atomic E-state index is 0.0427. The summed E-state index contributed by atoms with van der Waals surface area (Å²) in [7, 11) is 1.70. The fourth-order valence-electron chi connectivity index (χ4n) is 3.35. The lowest BCUT2D eigenvalue weighted by molar-refractivity contribution is 0.394. The van der Waals surface area contributed by atoms with Crippen LogP contribution in [0.3, 0.4) is 0 Å². The molecule has 0 bridgehead atoms. The van der Waals surface area contributed by atoms with Gasteiger partial charge in [0.05, 0.1) is 7.11 Å². The fraction of sp³-hybridized carbons (Fsp3) is 0.333. The van der Waals surface area contributed by atoms with Crippen molar-refractivity contribution in [1.82, 2.24) is 0 Å². The standard InChI is InChI=1S/C18H20BrNO/c1-21-17-10-9-13(19)11-16(17)18(20)15-8-4-6-12-5-2-3-7-14(12)15/h2-3,5,7,9-11,15,18H,4,6,8,20H2,1H3. The Morgan fingerprint density at radius 1 is 1.24 bits per heavy atom. The van der Waals surface area contributed by atoms with E-state index >= 15 is 0 Å². The summed E-state index contributed by atoms with van der Waals surface area (Å²) >= 11 is 3.54. The average molecular weight is 346 g/mol. The zero-order valence-electron chi connectivity index (χ0n) is 12.2. The van der Waals surface area contributed by atoms with Crippen molar-refractivity contribution in [2.24, 2.45) is 5.73 Å². The minimum atomic E-state index is -0.0427. The van der Waals surface area contributed by atoms with Crippen LogP contribution >= 0.6 is 15.9 Å². The van der Waals surface area contributed by atoms with Crippen molar-refractivity contribution in [2.45, 2.75) is 31.2 Å². The number of halogens is 1. The van der Waals surface area contributed by atoms with E-state index in [2.05, 4.69) is 46.3 Å². The molecule has 1 aliphatic carbocycles. The van der Waals surface area contributed by atoms with E-state index in [1.54, 1.807) is 7.11 Å². The van der Waals surface area contributed by atoms with Gasteiger partial charge in [-0.2, -0.15) is 0 Å². The Balaban J connectivity index is 2.00. The molecule has 0 heterocycles. The van der Waals surface area contributed by atoms with Gasteiger partial charge in [0.25, 0.3) is 0 Å². The topological polar surface area (TPSA) is 35.2 Å². The van der Waals surface area contributed by atoms with Gasteiger partial charge in [-0.05, 0) is 48.6 Å². The molecule has 21 heavy (non-hydrogen) atoms. The molecule has 3 rings (SSSR count). The van der Waals surface area contributed by atoms with Gasteiger partial charge in [-0.25, -0.2) is 0 Å². The molecular formula is C18H20BrNO. The molecule has 2 nitrogen and oxygen atoms in total. The van der Waals surface area contributed by atoms with Crippen LogP contribution in [0.4, 0.5) is 0 Å².